The molecule has 0 atom stereocenters. The van der Waals surface area contributed by atoms with Crippen LogP contribution in [-0.4, -0.2) is 43.1 Å². The smallest absolute Gasteiger partial charge is 0.276 e. The number of fused-ring (bicyclic) bond motifs is 1. The summed E-state index contributed by atoms with van der Waals surface area (Å²) in [4.78, 5) is 13.9. The van der Waals surface area contributed by atoms with Crippen molar-refractivity contribution in [3.8, 4) is 0 Å². The van der Waals surface area contributed by atoms with Crippen LogP contribution < -0.4 is 4.72 Å². The molecule has 7 nitrogen and oxygen atoms in total. The number of aryl methyl sites for hydroxylation is 3. The summed E-state index contributed by atoms with van der Waals surface area (Å²) in [6.07, 6.45) is 2.94. The van der Waals surface area contributed by atoms with Crippen LogP contribution in [0.4, 0.5) is 5.69 Å². The van der Waals surface area contributed by atoms with Gasteiger partial charge in [0.1, 0.15) is 5.69 Å². The van der Waals surface area contributed by atoms with E-state index in [0.717, 1.165) is 24.8 Å². The number of hydrogen-bond donors (Lipinski definition) is 1. The molecule has 3 rings (SSSR count). The van der Waals surface area contributed by atoms with Gasteiger partial charge in [0.25, 0.3) is 15.9 Å². The number of benzene rings is 1. The second-order valence-electron chi connectivity index (χ2n) is 6.52. The zero-order valence-corrected chi connectivity index (χ0v) is 15.6. The molecule has 0 saturated carbocycles. The summed E-state index contributed by atoms with van der Waals surface area (Å²) in [5, 5.41) is 4.17. The minimum atomic E-state index is -3.80. The number of nitrogens with one attached hydrogen (secondary N) is 1. The Labute approximate surface area is 147 Å². The monoisotopic (exact) mass is 362 g/mol. The van der Waals surface area contributed by atoms with E-state index in [-0.39, 0.29) is 22.2 Å². The Balaban J connectivity index is 2.00. The maximum atomic E-state index is 12.8. The molecule has 0 aliphatic heterocycles. The SMILES string of the molecule is Cc1c(NS(=O)(=O)c2ccc3c(c2)CCC3)c(C(=O)N(C)C)nn1C. The van der Waals surface area contributed by atoms with Gasteiger partial charge < -0.3 is 4.90 Å². The van der Waals surface area contributed by atoms with Crippen LogP contribution >= 0.6 is 0 Å². The summed E-state index contributed by atoms with van der Waals surface area (Å²) in [6.45, 7) is 1.72. The molecule has 2 aromatic rings. The molecule has 0 unspecified atom stereocenters. The Morgan fingerprint density at radius 3 is 2.60 bits per heavy atom. The Bertz CT molecular complexity index is 945. The molecule has 0 bridgehead atoms. The number of nitrogens with zero attached hydrogens (tertiary/aromatic N) is 3. The zero-order chi connectivity index (χ0) is 18.4. The second kappa shape index (κ2) is 6.18. The molecule has 1 heterocycles. The maximum absolute atomic E-state index is 12.8. The van der Waals surface area contributed by atoms with Gasteiger partial charge in [-0.3, -0.25) is 14.2 Å². The molecule has 1 aliphatic carbocycles. The van der Waals surface area contributed by atoms with Gasteiger partial charge in [-0.05, 0) is 49.4 Å². The van der Waals surface area contributed by atoms with Crippen molar-refractivity contribution in [2.24, 2.45) is 7.05 Å². The molecule has 0 saturated heterocycles. The van der Waals surface area contributed by atoms with Crippen LogP contribution in [0.25, 0.3) is 0 Å². The van der Waals surface area contributed by atoms with Crippen molar-refractivity contribution >= 4 is 21.6 Å². The Kier molecular flexibility index (Phi) is 4.32. The molecule has 1 aliphatic rings. The first-order valence-corrected chi connectivity index (χ1v) is 9.59. The molecule has 0 spiro atoms. The van der Waals surface area contributed by atoms with E-state index in [0.29, 0.717) is 5.69 Å². The van der Waals surface area contributed by atoms with Gasteiger partial charge in [0.05, 0.1) is 10.6 Å². The lowest BCUT2D eigenvalue weighted by molar-refractivity contribution is 0.0822. The van der Waals surface area contributed by atoms with Gasteiger partial charge >= 0.3 is 0 Å². The van der Waals surface area contributed by atoms with E-state index in [1.54, 1.807) is 40.2 Å². The van der Waals surface area contributed by atoms with Crippen molar-refractivity contribution in [2.75, 3.05) is 18.8 Å². The van der Waals surface area contributed by atoms with E-state index < -0.39 is 10.0 Å². The van der Waals surface area contributed by atoms with Crippen molar-refractivity contribution in [1.82, 2.24) is 14.7 Å². The highest BCUT2D eigenvalue weighted by atomic mass is 32.2. The predicted molar refractivity (Wildman–Crippen MR) is 95.2 cm³/mol. The quantitative estimate of drug-likeness (QED) is 0.897. The minimum Gasteiger partial charge on any atom is -0.343 e. The molecular weight excluding hydrogens is 340 g/mol. The molecule has 0 fully saturated rings. The van der Waals surface area contributed by atoms with E-state index in [1.165, 1.54) is 15.1 Å². The van der Waals surface area contributed by atoms with Gasteiger partial charge in [0.15, 0.2) is 5.69 Å². The largest absolute Gasteiger partial charge is 0.343 e. The van der Waals surface area contributed by atoms with Gasteiger partial charge in [-0.1, -0.05) is 6.07 Å². The van der Waals surface area contributed by atoms with Gasteiger partial charge in [-0.2, -0.15) is 5.10 Å². The number of rotatable bonds is 4. The number of carbonyl (C=O) groups excluding carboxylic acids is 1. The van der Waals surface area contributed by atoms with E-state index in [1.807, 2.05) is 6.07 Å². The van der Waals surface area contributed by atoms with Crippen molar-refractivity contribution in [3.05, 3.63) is 40.7 Å². The average Bonchev–Trinajstić information content (AvgIpc) is 3.13. The van der Waals surface area contributed by atoms with E-state index in [2.05, 4.69) is 9.82 Å². The third-order valence-electron chi connectivity index (χ3n) is 4.56. The van der Waals surface area contributed by atoms with Crippen LogP contribution in [0.15, 0.2) is 23.1 Å². The summed E-state index contributed by atoms with van der Waals surface area (Å²) >= 11 is 0. The molecule has 0 radical (unpaired) electrons. The molecule has 8 heteroatoms. The van der Waals surface area contributed by atoms with Crippen LogP contribution in [0.1, 0.15) is 33.7 Å². The summed E-state index contributed by atoms with van der Waals surface area (Å²) in [7, 11) is 1.08. The van der Waals surface area contributed by atoms with Crippen molar-refractivity contribution in [3.63, 3.8) is 0 Å². The number of hydrogen-bond acceptors (Lipinski definition) is 4. The molecule has 134 valence electrons. The highest BCUT2D eigenvalue weighted by Gasteiger charge is 2.26. The van der Waals surface area contributed by atoms with Crippen molar-refractivity contribution in [2.45, 2.75) is 31.1 Å². The molecular formula is C17H22N4O3S. The fourth-order valence-corrected chi connectivity index (χ4v) is 4.18. The van der Waals surface area contributed by atoms with Gasteiger partial charge in [-0.15, -0.1) is 0 Å². The first-order valence-electron chi connectivity index (χ1n) is 8.10. The van der Waals surface area contributed by atoms with E-state index in [4.69, 9.17) is 0 Å². The summed E-state index contributed by atoms with van der Waals surface area (Å²) in [5.74, 6) is -0.352. The number of anilines is 1. The first-order chi connectivity index (χ1) is 11.7. The summed E-state index contributed by atoms with van der Waals surface area (Å²) in [5.41, 5.74) is 3.18. The van der Waals surface area contributed by atoms with Crippen molar-refractivity contribution in [1.29, 1.82) is 0 Å². The first kappa shape index (κ1) is 17.5. The van der Waals surface area contributed by atoms with Crippen LogP contribution in [-0.2, 0) is 29.9 Å². The lowest BCUT2D eigenvalue weighted by atomic mass is 10.1. The lowest BCUT2D eigenvalue weighted by Crippen LogP contribution is -2.24. The predicted octanol–water partition coefficient (Wildman–Crippen LogP) is 1.72. The van der Waals surface area contributed by atoms with Crippen LogP contribution in [0.2, 0.25) is 0 Å². The average molecular weight is 362 g/mol. The molecule has 1 amide bonds. The highest BCUT2D eigenvalue weighted by molar-refractivity contribution is 7.92. The third-order valence-corrected chi connectivity index (χ3v) is 5.91. The normalized spacial score (nSPS) is 13.6. The van der Waals surface area contributed by atoms with E-state index >= 15 is 0 Å². The van der Waals surface area contributed by atoms with Crippen LogP contribution in [0.3, 0.4) is 0 Å². The topological polar surface area (TPSA) is 84.3 Å². The van der Waals surface area contributed by atoms with Gasteiger partial charge in [0, 0.05) is 21.1 Å². The minimum absolute atomic E-state index is 0.0923. The Morgan fingerprint density at radius 2 is 1.92 bits per heavy atom. The summed E-state index contributed by atoms with van der Waals surface area (Å²) < 4.78 is 29.7. The molecule has 1 aromatic heterocycles. The Morgan fingerprint density at radius 1 is 1.24 bits per heavy atom. The maximum Gasteiger partial charge on any atom is 0.276 e. The van der Waals surface area contributed by atoms with E-state index in [9.17, 15) is 13.2 Å². The number of amides is 1. The van der Waals surface area contributed by atoms with Crippen LogP contribution in [0, 0.1) is 6.92 Å². The Hall–Kier alpha value is -2.35. The standard InChI is InChI=1S/C17H22N4O3S/c1-11-15(16(18-21(11)4)17(22)20(2)3)19-25(23,24)14-9-8-12-6-5-7-13(12)10-14/h8-10,19H,5-7H2,1-4H3. The lowest BCUT2D eigenvalue weighted by Gasteiger charge is -2.12. The number of carbonyl (C=O) groups is 1. The molecule has 1 N–H and O–H groups in total. The van der Waals surface area contributed by atoms with Gasteiger partial charge in [0.2, 0.25) is 0 Å². The fraction of sp³-hybridized carbons (Fsp3) is 0.412. The van der Waals surface area contributed by atoms with Crippen LogP contribution in [0.5, 0.6) is 0 Å². The number of sulfonamides is 1. The van der Waals surface area contributed by atoms with Crippen molar-refractivity contribution < 1.29 is 13.2 Å². The highest BCUT2D eigenvalue weighted by Crippen LogP contribution is 2.28. The summed E-state index contributed by atoms with van der Waals surface area (Å²) in [6, 6.07) is 5.22. The molecule has 25 heavy (non-hydrogen) atoms. The zero-order valence-electron chi connectivity index (χ0n) is 14.8. The molecule has 1 aromatic carbocycles. The van der Waals surface area contributed by atoms with Gasteiger partial charge in [-0.25, -0.2) is 8.42 Å². The fourth-order valence-electron chi connectivity index (χ4n) is 3.00. The number of aromatic nitrogens is 2. The second-order valence-corrected chi connectivity index (χ2v) is 8.20. The third kappa shape index (κ3) is 3.13.